The van der Waals surface area contributed by atoms with Crippen molar-refractivity contribution in [3.05, 3.63) is 23.8 Å². The van der Waals surface area contributed by atoms with Crippen LogP contribution in [-0.4, -0.2) is 15.0 Å². The maximum absolute atomic E-state index is 13.6. The Labute approximate surface area is 118 Å². The van der Waals surface area contributed by atoms with E-state index in [1.807, 2.05) is 0 Å². The van der Waals surface area contributed by atoms with Crippen molar-refractivity contribution in [1.82, 2.24) is 0 Å². The van der Waals surface area contributed by atoms with Crippen molar-refractivity contribution in [3.8, 4) is 5.75 Å². The predicted octanol–water partition coefficient (Wildman–Crippen LogP) is 2.82. The molecule has 0 bridgehead atoms. The molecule has 2 N–H and O–H groups in total. The standard InChI is InChI=1S/C13H19F2NO3S/c1-13(2,3)7-4-8-19-9-5-6-10(20(16,17)18)12(15)11(9)14/h5-6H,4,7-8H2,1-3H3,(H2,16,17,18). The van der Waals surface area contributed by atoms with Gasteiger partial charge in [-0.05, 0) is 30.4 Å². The monoisotopic (exact) mass is 307 g/mol. The Bertz CT molecular complexity index is 580. The van der Waals surface area contributed by atoms with Crippen LogP contribution < -0.4 is 9.88 Å². The topological polar surface area (TPSA) is 69.4 Å². The maximum Gasteiger partial charge on any atom is 0.241 e. The van der Waals surface area contributed by atoms with Crippen LogP contribution in [0.5, 0.6) is 5.75 Å². The third kappa shape index (κ3) is 4.72. The zero-order valence-electron chi connectivity index (χ0n) is 11.7. The lowest BCUT2D eigenvalue weighted by Gasteiger charge is -2.18. The highest BCUT2D eigenvalue weighted by Crippen LogP contribution is 2.26. The number of nitrogens with two attached hydrogens (primary N) is 1. The molecule has 0 amide bonds. The molecule has 0 saturated carbocycles. The third-order valence-electron chi connectivity index (χ3n) is 2.65. The van der Waals surface area contributed by atoms with Crippen LogP contribution >= 0.6 is 0 Å². The average Bonchev–Trinajstić information content (AvgIpc) is 2.26. The van der Waals surface area contributed by atoms with Gasteiger partial charge in [-0.25, -0.2) is 17.9 Å². The lowest BCUT2D eigenvalue weighted by Crippen LogP contribution is -2.15. The normalized spacial score (nSPS) is 12.5. The van der Waals surface area contributed by atoms with Gasteiger partial charge in [0.25, 0.3) is 0 Å². The first kappa shape index (κ1) is 16.8. The van der Waals surface area contributed by atoms with Gasteiger partial charge >= 0.3 is 0 Å². The van der Waals surface area contributed by atoms with Gasteiger partial charge in [-0.2, -0.15) is 4.39 Å². The van der Waals surface area contributed by atoms with Gasteiger partial charge in [-0.15, -0.1) is 0 Å². The third-order valence-corrected chi connectivity index (χ3v) is 3.57. The van der Waals surface area contributed by atoms with E-state index < -0.39 is 26.6 Å². The number of sulfonamides is 1. The molecular weight excluding hydrogens is 288 g/mol. The molecule has 0 aromatic heterocycles. The summed E-state index contributed by atoms with van der Waals surface area (Å²) in [6, 6.07) is 1.96. The number of halogens is 2. The van der Waals surface area contributed by atoms with Gasteiger partial charge in [-0.1, -0.05) is 20.8 Å². The quantitative estimate of drug-likeness (QED) is 0.850. The van der Waals surface area contributed by atoms with E-state index in [4.69, 9.17) is 9.88 Å². The molecule has 0 fully saturated rings. The second-order valence-corrected chi connectivity index (χ2v) is 7.28. The molecule has 0 unspecified atom stereocenters. The van der Waals surface area contributed by atoms with Crippen molar-refractivity contribution in [3.63, 3.8) is 0 Å². The fourth-order valence-electron chi connectivity index (χ4n) is 1.63. The molecule has 0 saturated heterocycles. The molecule has 4 nitrogen and oxygen atoms in total. The first-order valence-electron chi connectivity index (χ1n) is 6.16. The summed E-state index contributed by atoms with van der Waals surface area (Å²) in [5, 5.41) is 4.77. The zero-order chi connectivity index (χ0) is 15.6. The highest BCUT2D eigenvalue weighted by atomic mass is 32.2. The molecule has 0 atom stereocenters. The number of primary sulfonamides is 1. The fraction of sp³-hybridized carbons (Fsp3) is 0.538. The molecule has 0 aliphatic carbocycles. The van der Waals surface area contributed by atoms with Crippen molar-refractivity contribution >= 4 is 10.0 Å². The zero-order valence-corrected chi connectivity index (χ0v) is 12.6. The van der Waals surface area contributed by atoms with E-state index in [9.17, 15) is 17.2 Å². The Kier molecular flexibility index (Phi) is 5.10. The fourth-order valence-corrected chi connectivity index (χ4v) is 2.23. The van der Waals surface area contributed by atoms with Gasteiger partial charge < -0.3 is 4.74 Å². The minimum absolute atomic E-state index is 0.130. The first-order valence-corrected chi connectivity index (χ1v) is 7.70. The molecule has 1 rings (SSSR count). The Morgan fingerprint density at radius 3 is 2.30 bits per heavy atom. The largest absolute Gasteiger partial charge is 0.490 e. The van der Waals surface area contributed by atoms with Crippen LogP contribution in [0.25, 0.3) is 0 Å². The number of benzene rings is 1. The second kappa shape index (κ2) is 6.05. The molecule has 0 radical (unpaired) electrons. The van der Waals surface area contributed by atoms with Gasteiger partial charge in [-0.3, -0.25) is 0 Å². The lowest BCUT2D eigenvalue weighted by molar-refractivity contribution is 0.256. The van der Waals surface area contributed by atoms with E-state index in [-0.39, 0.29) is 17.8 Å². The summed E-state index contributed by atoms with van der Waals surface area (Å²) in [5.74, 6) is -3.17. The molecule has 114 valence electrons. The van der Waals surface area contributed by atoms with Crippen LogP contribution in [0, 0.1) is 17.0 Å². The molecule has 0 spiro atoms. The summed E-state index contributed by atoms with van der Waals surface area (Å²) in [6.45, 7) is 6.42. The summed E-state index contributed by atoms with van der Waals surface area (Å²) < 4.78 is 54.3. The number of hydrogen-bond acceptors (Lipinski definition) is 3. The van der Waals surface area contributed by atoms with Crippen LogP contribution in [0.2, 0.25) is 0 Å². The Balaban J connectivity index is 2.77. The summed E-state index contributed by atoms with van der Waals surface area (Å²) in [4.78, 5) is -0.878. The molecule has 0 aliphatic heterocycles. The number of rotatable bonds is 5. The summed E-state index contributed by atoms with van der Waals surface area (Å²) in [5.41, 5.74) is 0.130. The predicted molar refractivity (Wildman–Crippen MR) is 71.9 cm³/mol. The molecule has 0 aliphatic rings. The highest BCUT2D eigenvalue weighted by molar-refractivity contribution is 7.89. The minimum Gasteiger partial charge on any atom is -0.490 e. The van der Waals surface area contributed by atoms with Crippen molar-refractivity contribution in [2.45, 2.75) is 38.5 Å². The van der Waals surface area contributed by atoms with E-state index in [1.165, 1.54) is 0 Å². The Hall–Kier alpha value is -1.21. The molecule has 1 aromatic carbocycles. The second-order valence-electron chi connectivity index (χ2n) is 5.75. The van der Waals surface area contributed by atoms with Crippen LogP contribution in [0.3, 0.4) is 0 Å². The molecule has 0 heterocycles. The van der Waals surface area contributed by atoms with Crippen molar-refractivity contribution in [2.75, 3.05) is 6.61 Å². The summed E-state index contributed by atoms with van der Waals surface area (Å²) in [6.07, 6.45) is 1.55. The smallest absolute Gasteiger partial charge is 0.241 e. The molecular formula is C13H19F2NO3S. The van der Waals surface area contributed by atoms with Crippen molar-refractivity contribution in [1.29, 1.82) is 0 Å². The van der Waals surface area contributed by atoms with Gasteiger partial charge in [0.05, 0.1) is 6.61 Å². The van der Waals surface area contributed by atoms with Gasteiger partial charge in [0, 0.05) is 0 Å². The van der Waals surface area contributed by atoms with Crippen LogP contribution in [-0.2, 0) is 10.0 Å². The number of ether oxygens (including phenoxy) is 1. The lowest BCUT2D eigenvalue weighted by atomic mass is 9.91. The Morgan fingerprint density at radius 2 is 1.80 bits per heavy atom. The van der Waals surface area contributed by atoms with E-state index >= 15 is 0 Å². The van der Waals surface area contributed by atoms with Gasteiger partial charge in [0.1, 0.15) is 4.90 Å². The van der Waals surface area contributed by atoms with Crippen LogP contribution in [0.15, 0.2) is 17.0 Å². The average molecular weight is 307 g/mol. The Morgan fingerprint density at radius 1 is 1.20 bits per heavy atom. The maximum atomic E-state index is 13.6. The first-order chi connectivity index (χ1) is 9.02. The molecule has 20 heavy (non-hydrogen) atoms. The van der Waals surface area contributed by atoms with Gasteiger partial charge in [0.15, 0.2) is 11.6 Å². The van der Waals surface area contributed by atoms with Crippen LogP contribution in [0.4, 0.5) is 8.78 Å². The minimum atomic E-state index is -4.29. The SMILES string of the molecule is CC(C)(C)CCCOc1ccc(S(N)(=O)=O)c(F)c1F. The summed E-state index contributed by atoms with van der Waals surface area (Å²) in [7, 11) is -4.29. The van der Waals surface area contributed by atoms with E-state index in [2.05, 4.69) is 20.8 Å². The molecule has 7 heteroatoms. The summed E-state index contributed by atoms with van der Waals surface area (Å²) >= 11 is 0. The number of hydrogen-bond donors (Lipinski definition) is 1. The van der Waals surface area contributed by atoms with Crippen molar-refractivity contribution < 1.29 is 21.9 Å². The van der Waals surface area contributed by atoms with Gasteiger partial charge in [0.2, 0.25) is 15.8 Å². The highest BCUT2D eigenvalue weighted by Gasteiger charge is 2.21. The van der Waals surface area contributed by atoms with E-state index in [0.29, 0.717) is 6.42 Å². The molecule has 1 aromatic rings. The van der Waals surface area contributed by atoms with Crippen LogP contribution in [0.1, 0.15) is 33.6 Å². The van der Waals surface area contributed by atoms with Crippen molar-refractivity contribution in [2.24, 2.45) is 10.6 Å². The van der Waals surface area contributed by atoms with E-state index in [0.717, 1.165) is 18.6 Å². The van der Waals surface area contributed by atoms with E-state index in [1.54, 1.807) is 0 Å².